The average Bonchev–Trinajstić information content (AvgIpc) is 3.16. The number of imide groups is 1. The van der Waals surface area contributed by atoms with Gasteiger partial charge in [0.15, 0.2) is 0 Å². The number of aryl methyl sites for hydroxylation is 2. The van der Waals surface area contributed by atoms with Gasteiger partial charge >= 0.3 is 6.03 Å². The van der Waals surface area contributed by atoms with Crippen molar-refractivity contribution in [2.45, 2.75) is 33.4 Å². The van der Waals surface area contributed by atoms with E-state index in [1.165, 1.54) is 17.0 Å². The first kappa shape index (κ1) is 27.1. The Morgan fingerprint density at radius 3 is 2.35 bits per heavy atom. The van der Waals surface area contributed by atoms with Crippen molar-refractivity contribution in [3.8, 4) is 5.75 Å². The summed E-state index contributed by atoms with van der Waals surface area (Å²) < 4.78 is 20.4. The van der Waals surface area contributed by atoms with Crippen molar-refractivity contribution >= 4 is 29.4 Å². The molecule has 1 aromatic heterocycles. The minimum absolute atomic E-state index is 0.0671. The Kier molecular flexibility index (Phi) is 7.42. The standard InChI is InChI=1S/C30H32FN5O4/c1-19-15-20(2)27(32-17-19)33-11-13-34(14-12-33)29(38)25-10-7-23(16-26(25)31)36-21(3)28(37)35(30(36)39)18-22-5-8-24(40-4)9-6-22/h5-10,15-17,21H,11-14,18H2,1-4H3. The fourth-order valence-corrected chi connectivity index (χ4v) is 5.28. The fraction of sp³-hybridized carbons (Fsp3) is 0.333. The van der Waals surface area contributed by atoms with Gasteiger partial charge in [-0.05, 0) is 67.8 Å². The summed E-state index contributed by atoms with van der Waals surface area (Å²) in [5.74, 6) is 0.0475. The van der Waals surface area contributed by atoms with Gasteiger partial charge in [-0.15, -0.1) is 0 Å². The van der Waals surface area contributed by atoms with Crippen LogP contribution in [0.3, 0.4) is 0 Å². The van der Waals surface area contributed by atoms with E-state index in [2.05, 4.69) is 16.0 Å². The van der Waals surface area contributed by atoms with Gasteiger partial charge in [-0.25, -0.2) is 14.2 Å². The zero-order chi connectivity index (χ0) is 28.6. The Hall–Kier alpha value is -4.47. The van der Waals surface area contributed by atoms with Crippen LogP contribution in [0.5, 0.6) is 5.75 Å². The number of rotatable bonds is 6. The molecule has 2 aliphatic heterocycles. The quantitative estimate of drug-likeness (QED) is 0.433. The largest absolute Gasteiger partial charge is 0.497 e. The van der Waals surface area contributed by atoms with Crippen molar-refractivity contribution in [3.05, 3.63) is 82.8 Å². The number of benzene rings is 2. The van der Waals surface area contributed by atoms with E-state index in [0.717, 1.165) is 33.5 Å². The molecule has 4 amide bonds. The average molecular weight is 546 g/mol. The lowest BCUT2D eigenvalue weighted by atomic mass is 10.1. The van der Waals surface area contributed by atoms with Gasteiger partial charge in [0.1, 0.15) is 23.4 Å². The molecular weight excluding hydrogens is 513 g/mol. The maximum Gasteiger partial charge on any atom is 0.332 e. The molecular formula is C30H32FN5O4. The first-order valence-electron chi connectivity index (χ1n) is 13.2. The molecule has 2 aromatic carbocycles. The first-order chi connectivity index (χ1) is 19.2. The minimum atomic E-state index is -0.807. The maximum atomic E-state index is 15.3. The Morgan fingerprint density at radius 2 is 1.73 bits per heavy atom. The van der Waals surface area contributed by atoms with Crippen LogP contribution in [0.4, 0.5) is 20.7 Å². The molecule has 9 nitrogen and oxygen atoms in total. The number of piperazine rings is 1. The highest BCUT2D eigenvalue weighted by Crippen LogP contribution is 2.29. The van der Waals surface area contributed by atoms with Crippen LogP contribution in [0.2, 0.25) is 0 Å². The number of pyridine rings is 1. The van der Waals surface area contributed by atoms with Crippen LogP contribution >= 0.6 is 0 Å². The van der Waals surface area contributed by atoms with Crippen molar-refractivity contribution in [2.24, 2.45) is 0 Å². The van der Waals surface area contributed by atoms with E-state index < -0.39 is 23.8 Å². The number of carbonyl (C=O) groups is 3. The normalized spacial score (nSPS) is 17.6. The number of hydrogen-bond donors (Lipinski definition) is 0. The zero-order valence-corrected chi connectivity index (χ0v) is 23.1. The van der Waals surface area contributed by atoms with E-state index in [-0.39, 0.29) is 23.7 Å². The van der Waals surface area contributed by atoms with Crippen molar-refractivity contribution in [1.29, 1.82) is 0 Å². The summed E-state index contributed by atoms with van der Waals surface area (Å²) in [5.41, 5.74) is 3.09. The summed E-state index contributed by atoms with van der Waals surface area (Å²) in [4.78, 5) is 50.1. The predicted molar refractivity (Wildman–Crippen MR) is 149 cm³/mol. The number of halogens is 1. The summed E-state index contributed by atoms with van der Waals surface area (Å²) in [7, 11) is 1.56. The number of carbonyl (C=O) groups excluding carboxylic acids is 3. The molecule has 0 radical (unpaired) electrons. The third-order valence-electron chi connectivity index (χ3n) is 7.46. The maximum absolute atomic E-state index is 15.3. The van der Waals surface area contributed by atoms with Crippen LogP contribution in [0.15, 0.2) is 54.7 Å². The number of hydrogen-bond acceptors (Lipinski definition) is 6. The van der Waals surface area contributed by atoms with Gasteiger partial charge in [0.05, 0.1) is 19.2 Å². The highest BCUT2D eigenvalue weighted by Gasteiger charge is 2.43. The first-order valence-corrected chi connectivity index (χ1v) is 13.2. The molecule has 3 heterocycles. The molecule has 208 valence electrons. The molecule has 0 N–H and O–H groups in total. The van der Waals surface area contributed by atoms with Crippen molar-refractivity contribution in [3.63, 3.8) is 0 Å². The molecule has 40 heavy (non-hydrogen) atoms. The highest BCUT2D eigenvalue weighted by atomic mass is 19.1. The molecule has 1 atom stereocenters. The van der Waals surface area contributed by atoms with E-state index in [1.54, 1.807) is 43.2 Å². The Morgan fingerprint density at radius 1 is 1.02 bits per heavy atom. The van der Waals surface area contributed by atoms with Crippen LogP contribution in [0.25, 0.3) is 0 Å². The van der Waals surface area contributed by atoms with E-state index >= 15 is 4.39 Å². The molecule has 0 spiro atoms. The number of ether oxygens (including phenoxy) is 1. The van der Waals surface area contributed by atoms with E-state index in [4.69, 9.17) is 4.74 Å². The fourth-order valence-electron chi connectivity index (χ4n) is 5.28. The van der Waals surface area contributed by atoms with Crippen molar-refractivity contribution in [2.75, 3.05) is 43.1 Å². The minimum Gasteiger partial charge on any atom is -0.497 e. The van der Waals surface area contributed by atoms with Gasteiger partial charge in [0.2, 0.25) is 0 Å². The molecule has 0 saturated carbocycles. The van der Waals surface area contributed by atoms with Crippen LogP contribution in [-0.2, 0) is 11.3 Å². The number of anilines is 2. The molecule has 0 bridgehead atoms. The monoisotopic (exact) mass is 545 g/mol. The molecule has 2 saturated heterocycles. The third-order valence-corrected chi connectivity index (χ3v) is 7.46. The highest BCUT2D eigenvalue weighted by molar-refractivity contribution is 6.14. The number of aromatic nitrogens is 1. The van der Waals surface area contributed by atoms with Crippen molar-refractivity contribution in [1.82, 2.24) is 14.8 Å². The smallest absolute Gasteiger partial charge is 0.332 e. The van der Waals surface area contributed by atoms with Gasteiger partial charge in [0.25, 0.3) is 11.8 Å². The second kappa shape index (κ2) is 11.0. The lowest BCUT2D eigenvalue weighted by Gasteiger charge is -2.36. The lowest BCUT2D eigenvalue weighted by molar-refractivity contribution is -0.127. The van der Waals surface area contributed by atoms with E-state index in [1.807, 2.05) is 20.0 Å². The number of amides is 4. The summed E-state index contributed by atoms with van der Waals surface area (Å²) in [6.07, 6.45) is 1.83. The van der Waals surface area contributed by atoms with Gasteiger partial charge in [-0.3, -0.25) is 19.4 Å². The summed E-state index contributed by atoms with van der Waals surface area (Å²) in [6, 6.07) is 11.9. The Labute approximate surface area is 232 Å². The Bertz CT molecular complexity index is 1450. The van der Waals surface area contributed by atoms with E-state index in [0.29, 0.717) is 31.9 Å². The summed E-state index contributed by atoms with van der Waals surface area (Å²) in [5, 5.41) is 0. The summed E-state index contributed by atoms with van der Waals surface area (Å²) in [6.45, 7) is 7.76. The van der Waals surface area contributed by atoms with Crippen LogP contribution in [0.1, 0.15) is 34.0 Å². The number of nitrogens with zero attached hydrogens (tertiary/aromatic N) is 5. The second-order valence-electron chi connectivity index (χ2n) is 10.2. The number of urea groups is 1. The molecule has 2 fully saturated rings. The van der Waals surface area contributed by atoms with Gasteiger partial charge < -0.3 is 14.5 Å². The second-order valence-corrected chi connectivity index (χ2v) is 10.2. The number of methoxy groups -OCH3 is 1. The van der Waals surface area contributed by atoms with Crippen LogP contribution in [0, 0.1) is 19.7 Å². The molecule has 3 aromatic rings. The zero-order valence-electron chi connectivity index (χ0n) is 23.1. The molecule has 1 unspecified atom stereocenters. The molecule has 5 rings (SSSR count). The SMILES string of the molecule is COc1ccc(CN2C(=O)C(C)N(c3ccc(C(=O)N4CCN(c5ncc(C)cc5C)CC4)c(F)c3)C2=O)cc1. The topological polar surface area (TPSA) is 86.3 Å². The Balaban J connectivity index is 1.27. The third kappa shape index (κ3) is 5.09. The van der Waals surface area contributed by atoms with Gasteiger partial charge in [0, 0.05) is 38.1 Å². The molecule has 2 aliphatic rings. The van der Waals surface area contributed by atoms with Gasteiger partial charge in [-0.1, -0.05) is 18.2 Å². The molecule has 10 heteroatoms. The van der Waals surface area contributed by atoms with Crippen LogP contribution in [-0.4, -0.2) is 72.0 Å². The van der Waals surface area contributed by atoms with Crippen molar-refractivity contribution < 1.29 is 23.5 Å². The predicted octanol–water partition coefficient (Wildman–Crippen LogP) is 4.17. The summed E-state index contributed by atoms with van der Waals surface area (Å²) >= 11 is 0. The molecule has 0 aliphatic carbocycles. The van der Waals surface area contributed by atoms with Gasteiger partial charge in [-0.2, -0.15) is 0 Å². The van der Waals surface area contributed by atoms with E-state index in [9.17, 15) is 14.4 Å². The lowest BCUT2D eigenvalue weighted by Crippen LogP contribution is -2.49. The van der Waals surface area contributed by atoms with Crippen LogP contribution < -0.4 is 14.5 Å².